The smallest absolute Gasteiger partial charge is 0.308 e. The normalized spacial score (nSPS) is 11.9. The Labute approximate surface area is 110 Å². The van der Waals surface area contributed by atoms with Crippen LogP contribution in [0.4, 0.5) is 5.69 Å². The van der Waals surface area contributed by atoms with Crippen molar-refractivity contribution in [2.24, 2.45) is 5.92 Å². The second kappa shape index (κ2) is 6.35. The molecule has 0 aliphatic heterocycles. The minimum Gasteiger partial charge on any atom is -0.466 e. The zero-order valence-electron chi connectivity index (χ0n) is 10.2. The summed E-state index contributed by atoms with van der Waals surface area (Å²) in [6, 6.07) is 4.45. The van der Waals surface area contributed by atoms with Crippen LogP contribution in [0, 0.1) is 16.0 Å². The zero-order chi connectivity index (χ0) is 13.7. The average Bonchev–Trinajstić information content (AvgIpc) is 2.28. The number of nitrogens with zero attached hydrogens (tertiary/aromatic N) is 1. The van der Waals surface area contributed by atoms with Crippen LogP contribution in [0.5, 0.6) is 0 Å². The second-order valence-electron chi connectivity index (χ2n) is 3.90. The monoisotopic (exact) mass is 271 g/mol. The van der Waals surface area contributed by atoms with E-state index in [1.807, 2.05) is 0 Å². The standard InChI is InChI=1S/C12H14ClNO4/c1-3-18-12(15)8(2)6-9-4-5-11(14(16)17)10(13)7-9/h4-5,7-8H,3,6H2,1-2H3. The van der Waals surface area contributed by atoms with Gasteiger partial charge in [-0.15, -0.1) is 0 Å². The third kappa shape index (κ3) is 3.70. The van der Waals surface area contributed by atoms with Gasteiger partial charge in [-0.25, -0.2) is 0 Å². The van der Waals surface area contributed by atoms with E-state index in [2.05, 4.69) is 0 Å². The maximum atomic E-state index is 11.4. The van der Waals surface area contributed by atoms with Gasteiger partial charge in [-0.1, -0.05) is 24.6 Å². The molecule has 0 saturated carbocycles. The molecular formula is C12H14ClNO4. The molecule has 0 aliphatic carbocycles. The van der Waals surface area contributed by atoms with E-state index in [4.69, 9.17) is 16.3 Å². The van der Waals surface area contributed by atoms with Crippen LogP contribution < -0.4 is 0 Å². The lowest BCUT2D eigenvalue weighted by molar-refractivity contribution is -0.384. The molecule has 1 atom stereocenters. The molecule has 0 spiro atoms. The molecule has 0 N–H and O–H groups in total. The molecule has 1 aromatic carbocycles. The van der Waals surface area contributed by atoms with Crippen molar-refractivity contribution in [3.8, 4) is 0 Å². The number of carbonyl (C=O) groups is 1. The molecule has 0 radical (unpaired) electrons. The molecule has 18 heavy (non-hydrogen) atoms. The zero-order valence-corrected chi connectivity index (χ0v) is 10.9. The molecule has 1 unspecified atom stereocenters. The Balaban J connectivity index is 2.77. The van der Waals surface area contributed by atoms with E-state index in [0.29, 0.717) is 13.0 Å². The van der Waals surface area contributed by atoms with E-state index in [-0.39, 0.29) is 22.6 Å². The summed E-state index contributed by atoms with van der Waals surface area (Å²) >= 11 is 5.79. The fourth-order valence-electron chi connectivity index (χ4n) is 1.55. The minimum atomic E-state index is -0.541. The predicted octanol–water partition coefficient (Wildman–Crippen LogP) is 2.99. The third-order valence-electron chi connectivity index (χ3n) is 2.44. The summed E-state index contributed by atoms with van der Waals surface area (Å²) in [4.78, 5) is 21.5. The predicted molar refractivity (Wildman–Crippen MR) is 67.6 cm³/mol. The Morgan fingerprint density at radius 2 is 2.22 bits per heavy atom. The van der Waals surface area contributed by atoms with Gasteiger partial charge in [0.2, 0.25) is 0 Å². The highest BCUT2D eigenvalue weighted by Gasteiger charge is 2.17. The van der Waals surface area contributed by atoms with E-state index in [1.54, 1.807) is 19.9 Å². The Morgan fingerprint density at radius 1 is 1.56 bits per heavy atom. The van der Waals surface area contributed by atoms with E-state index in [9.17, 15) is 14.9 Å². The fraction of sp³-hybridized carbons (Fsp3) is 0.417. The summed E-state index contributed by atoms with van der Waals surface area (Å²) in [5, 5.41) is 10.7. The lowest BCUT2D eigenvalue weighted by Crippen LogP contribution is -2.16. The van der Waals surface area contributed by atoms with Crippen molar-refractivity contribution in [3.05, 3.63) is 38.9 Å². The molecule has 98 valence electrons. The molecule has 6 heteroatoms. The third-order valence-corrected chi connectivity index (χ3v) is 2.74. The number of halogens is 1. The van der Waals surface area contributed by atoms with Gasteiger partial charge >= 0.3 is 5.97 Å². The summed E-state index contributed by atoms with van der Waals surface area (Å²) < 4.78 is 4.89. The Bertz CT molecular complexity index is 461. The van der Waals surface area contributed by atoms with Crippen molar-refractivity contribution < 1.29 is 14.5 Å². The minimum absolute atomic E-state index is 0.0774. The van der Waals surface area contributed by atoms with Crippen LogP contribution >= 0.6 is 11.6 Å². The highest BCUT2D eigenvalue weighted by Crippen LogP contribution is 2.26. The molecule has 1 aromatic rings. The number of carbonyl (C=O) groups excluding carboxylic acids is 1. The maximum Gasteiger partial charge on any atom is 0.308 e. The van der Waals surface area contributed by atoms with Crippen molar-refractivity contribution in [1.29, 1.82) is 0 Å². The number of nitro benzene ring substituents is 1. The molecule has 0 heterocycles. The van der Waals surface area contributed by atoms with Gasteiger partial charge in [0.1, 0.15) is 5.02 Å². The Hall–Kier alpha value is -1.62. The van der Waals surface area contributed by atoms with Gasteiger partial charge in [-0.05, 0) is 25.0 Å². The van der Waals surface area contributed by atoms with Crippen molar-refractivity contribution in [2.45, 2.75) is 20.3 Å². The van der Waals surface area contributed by atoms with Crippen molar-refractivity contribution in [1.82, 2.24) is 0 Å². The van der Waals surface area contributed by atoms with E-state index >= 15 is 0 Å². The van der Waals surface area contributed by atoms with Gasteiger partial charge in [0, 0.05) is 6.07 Å². The molecule has 0 saturated heterocycles. The van der Waals surface area contributed by atoms with Gasteiger partial charge in [0.15, 0.2) is 0 Å². The van der Waals surface area contributed by atoms with E-state index < -0.39 is 4.92 Å². The van der Waals surface area contributed by atoms with Gasteiger partial charge < -0.3 is 4.74 Å². The number of esters is 1. The molecule has 0 bridgehead atoms. The quantitative estimate of drug-likeness (QED) is 0.469. The van der Waals surface area contributed by atoms with Crippen LogP contribution in [-0.2, 0) is 16.0 Å². The number of benzene rings is 1. The lowest BCUT2D eigenvalue weighted by Gasteiger charge is -2.10. The molecule has 1 rings (SSSR count). The first-order valence-corrected chi connectivity index (χ1v) is 5.93. The van der Waals surface area contributed by atoms with Gasteiger partial charge in [0.25, 0.3) is 5.69 Å². The first kappa shape index (κ1) is 14.4. The molecule has 5 nitrogen and oxygen atoms in total. The highest BCUT2D eigenvalue weighted by atomic mass is 35.5. The molecule has 0 aromatic heterocycles. The van der Waals surface area contributed by atoms with E-state index in [0.717, 1.165) is 5.56 Å². The molecule has 0 amide bonds. The number of nitro groups is 1. The fourth-order valence-corrected chi connectivity index (χ4v) is 1.82. The first-order chi connectivity index (χ1) is 8.45. The Kier molecular flexibility index (Phi) is 5.09. The molecule has 0 fully saturated rings. The topological polar surface area (TPSA) is 69.4 Å². The van der Waals surface area contributed by atoms with Gasteiger partial charge in [-0.2, -0.15) is 0 Å². The van der Waals surface area contributed by atoms with Crippen LogP contribution in [0.1, 0.15) is 19.4 Å². The van der Waals surface area contributed by atoms with Crippen LogP contribution in [0.2, 0.25) is 5.02 Å². The lowest BCUT2D eigenvalue weighted by atomic mass is 10.0. The highest BCUT2D eigenvalue weighted by molar-refractivity contribution is 6.32. The van der Waals surface area contributed by atoms with Crippen molar-refractivity contribution in [3.63, 3.8) is 0 Å². The SMILES string of the molecule is CCOC(=O)C(C)Cc1ccc([N+](=O)[O-])c(Cl)c1. The maximum absolute atomic E-state index is 11.4. The van der Waals surface area contributed by atoms with Crippen LogP contribution in [0.3, 0.4) is 0 Å². The summed E-state index contributed by atoms with van der Waals surface area (Å²) in [5.74, 6) is -0.588. The number of hydrogen-bond acceptors (Lipinski definition) is 4. The van der Waals surface area contributed by atoms with Crippen molar-refractivity contribution >= 4 is 23.3 Å². The van der Waals surface area contributed by atoms with Crippen LogP contribution in [0.15, 0.2) is 18.2 Å². The van der Waals surface area contributed by atoms with Gasteiger partial charge in [0.05, 0.1) is 17.4 Å². The Morgan fingerprint density at radius 3 is 2.72 bits per heavy atom. The number of rotatable bonds is 5. The summed E-state index contributed by atoms with van der Waals surface area (Å²) in [6.45, 7) is 3.82. The molecular weight excluding hydrogens is 258 g/mol. The molecule has 0 aliphatic rings. The first-order valence-electron chi connectivity index (χ1n) is 5.55. The average molecular weight is 272 g/mol. The van der Waals surface area contributed by atoms with E-state index in [1.165, 1.54) is 12.1 Å². The van der Waals surface area contributed by atoms with Crippen LogP contribution in [-0.4, -0.2) is 17.5 Å². The summed E-state index contributed by atoms with van der Waals surface area (Å²) in [6.07, 6.45) is 0.441. The van der Waals surface area contributed by atoms with Gasteiger partial charge in [-0.3, -0.25) is 14.9 Å². The summed E-state index contributed by atoms with van der Waals surface area (Å²) in [5.41, 5.74) is 0.635. The number of ether oxygens (including phenoxy) is 1. The van der Waals surface area contributed by atoms with Crippen molar-refractivity contribution in [2.75, 3.05) is 6.61 Å². The van der Waals surface area contributed by atoms with Crippen LogP contribution in [0.25, 0.3) is 0 Å². The summed E-state index contributed by atoms with van der Waals surface area (Å²) in [7, 11) is 0. The largest absolute Gasteiger partial charge is 0.466 e. The second-order valence-corrected chi connectivity index (χ2v) is 4.31. The number of hydrogen-bond donors (Lipinski definition) is 0.